The molecular formula is C18H16F2N2O3. The van der Waals surface area contributed by atoms with Gasteiger partial charge in [0.15, 0.2) is 0 Å². The molecule has 0 bridgehead atoms. The van der Waals surface area contributed by atoms with E-state index in [-0.39, 0.29) is 17.4 Å². The SMILES string of the molecule is COc1ccc(C(N)=O)cc1NC(=O)[C@@H]1C[C@@H]1c1ccc(F)cc1F. The monoisotopic (exact) mass is 346 g/mol. The van der Waals surface area contributed by atoms with Crippen LogP contribution in [0.25, 0.3) is 0 Å². The molecule has 130 valence electrons. The van der Waals surface area contributed by atoms with Crippen LogP contribution in [0.3, 0.4) is 0 Å². The zero-order valence-electron chi connectivity index (χ0n) is 13.4. The minimum atomic E-state index is -0.659. The number of anilines is 1. The third kappa shape index (κ3) is 3.45. The van der Waals surface area contributed by atoms with Gasteiger partial charge in [-0.15, -0.1) is 0 Å². The molecule has 0 aromatic heterocycles. The Labute approximate surface area is 142 Å². The zero-order chi connectivity index (χ0) is 18.1. The molecule has 7 heteroatoms. The minimum Gasteiger partial charge on any atom is -0.495 e. The maximum atomic E-state index is 13.8. The van der Waals surface area contributed by atoms with Gasteiger partial charge in [-0.05, 0) is 42.2 Å². The first-order chi connectivity index (χ1) is 11.9. The van der Waals surface area contributed by atoms with Crippen molar-refractivity contribution in [1.29, 1.82) is 0 Å². The van der Waals surface area contributed by atoms with E-state index in [0.29, 0.717) is 23.4 Å². The van der Waals surface area contributed by atoms with Crippen molar-refractivity contribution in [2.45, 2.75) is 12.3 Å². The smallest absolute Gasteiger partial charge is 0.248 e. The Morgan fingerprint density at radius 3 is 2.60 bits per heavy atom. The Bertz CT molecular complexity index is 854. The van der Waals surface area contributed by atoms with Gasteiger partial charge >= 0.3 is 0 Å². The largest absolute Gasteiger partial charge is 0.495 e. The van der Waals surface area contributed by atoms with Crippen molar-refractivity contribution < 1.29 is 23.1 Å². The van der Waals surface area contributed by atoms with Crippen LogP contribution in [0, 0.1) is 17.6 Å². The highest BCUT2D eigenvalue weighted by Gasteiger charge is 2.45. The molecule has 1 aliphatic rings. The summed E-state index contributed by atoms with van der Waals surface area (Å²) in [5.41, 5.74) is 6.10. The van der Waals surface area contributed by atoms with Gasteiger partial charge in [-0.3, -0.25) is 9.59 Å². The summed E-state index contributed by atoms with van der Waals surface area (Å²) in [7, 11) is 1.43. The zero-order valence-corrected chi connectivity index (χ0v) is 13.4. The number of ether oxygens (including phenoxy) is 1. The first-order valence-electron chi connectivity index (χ1n) is 7.64. The van der Waals surface area contributed by atoms with E-state index in [1.165, 1.54) is 37.4 Å². The van der Waals surface area contributed by atoms with E-state index >= 15 is 0 Å². The van der Waals surface area contributed by atoms with Crippen molar-refractivity contribution in [3.8, 4) is 5.75 Å². The second kappa shape index (κ2) is 6.51. The lowest BCUT2D eigenvalue weighted by atomic mass is 10.1. The van der Waals surface area contributed by atoms with Crippen LogP contribution in [0.2, 0.25) is 0 Å². The molecule has 3 N–H and O–H groups in total. The highest BCUT2D eigenvalue weighted by Crippen LogP contribution is 2.49. The number of carbonyl (C=O) groups is 2. The quantitative estimate of drug-likeness (QED) is 0.873. The topological polar surface area (TPSA) is 81.4 Å². The number of benzene rings is 2. The highest BCUT2D eigenvalue weighted by atomic mass is 19.1. The average Bonchev–Trinajstić information content (AvgIpc) is 3.35. The van der Waals surface area contributed by atoms with Crippen molar-refractivity contribution in [2.75, 3.05) is 12.4 Å². The fourth-order valence-corrected chi connectivity index (χ4v) is 2.82. The number of nitrogens with one attached hydrogen (secondary N) is 1. The Morgan fingerprint density at radius 2 is 1.96 bits per heavy atom. The van der Waals surface area contributed by atoms with Crippen LogP contribution in [-0.2, 0) is 4.79 Å². The fourth-order valence-electron chi connectivity index (χ4n) is 2.82. The van der Waals surface area contributed by atoms with Gasteiger partial charge < -0.3 is 15.8 Å². The maximum absolute atomic E-state index is 13.8. The highest BCUT2D eigenvalue weighted by molar-refractivity contribution is 5.99. The van der Waals surface area contributed by atoms with Gasteiger partial charge in [-0.25, -0.2) is 8.78 Å². The molecule has 25 heavy (non-hydrogen) atoms. The van der Waals surface area contributed by atoms with Crippen molar-refractivity contribution in [3.63, 3.8) is 0 Å². The molecule has 1 aliphatic carbocycles. The Kier molecular flexibility index (Phi) is 4.39. The van der Waals surface area contributed by atoms with Gasteiger partial charge in [-0.1, -0.05) is 6.07 Å². The van der Waals surface area contributed by atoms with E-state index in [2.05, 4.69) is 5.32 Å². The van der Waals surface area contributed by atoms with Gasteiger partial charge in [0.25, 0.3) is 0 Å². The molecule has 2 atom stereocenters. The molecule has 2 amide bonds. The molecular weight excluding hydrogens is 330 g/mol. The third-order valence-electron chi connectivity index (χ3n) is 4.23. The lowest BCUT2D eigenvalue weighted by Gasteiger charge is -2.11. The maximum Gasteiger partial charge on any atom is 0.248 e. The van der Waals surface area contributed by atoms with E-state index in [1.807, 2.05) is 0 Å². The van der Waals surface area contributed by atoms with E-state index in [4.69, 9.17) is 10.5 Å². The van der Waals surface area contributed by atoms with Crippen molar-refractivity contribution in [1.82, 2.24) is 0 Å². The number of hydrogen-bond donors (Lipinski definition) is 2. The van der Waals surface area contributed by atoms with Gasteiger partial charge in [-0.2, -0.15) is 0 Å². The second-order valence-corrected chi connectivity index (χ2v) is 5.88. The van der Waals surface area contributed by atoms with Crippen molar-refractivity contribution in [2.24, 2.45) is 11.7 Å². The lowest BCUT2D eigenvalue weighted by molar-refractivity contribution is -0.117. The predicted octanol–water partition coefficient (Wildman–Crippen LogP) is 2.81. The average molecular weight is 346 g/mol. The Balaban J connectivity index is 1.75. The van der Waals surface area contributed by atoms with Crippen LogP contribution in [-0.4, -0.2) is 18.9 Å². The Hall–Kier alpha value is -2.96. The molecule has 0 heterocycles. The lowest BCUT2D eigenvalue weighted by Crippen LogP contribution is -2.17. The number of nitrogens with two attached hydrogens (primary N) is 1. The summed E-state index contributed by atoms with van der Waals surface area (Å²) in [6.45, 7) is 0. The van der Waals surface area contributed by atoms with Crippen LogP contribution >= 0.6 is 0 Å². The van der Waals surface area contributed by atoms with Crippen LogP contribution in [0.1, 0.15) is 28.3 Å². The van der Waals surface area contributed by atoms with Crippen LogP contribution in [0.4, 0.5) is 14.5 Å². The summed E-state index contributed by atoms with van der Waals surface area (Å²) in [5.74, 6) is -2.62. The molecule has 2 aromatic carbocycles. The molecule has 0 spiro atoms. The summed E-state index contributed by atoms with van der Waals surface area (Å²) in [6, 6.07) is 7.78. The minimum absolute atomic E-state index is 0.230. The fraction of sp³-hybridized carbons (Fsp3) is 0.222. The summed E-state index contributed by atoms with van der Waals surface area (Å²) in [4.78, 5) is 23.7. The molecule has 3 rings (SSSR count). The second-order valence-electron chi connectivity index (χ2n) is 5.88. The Morgan fingerprint density at radius 1 is 1.20 bits per heavy atom. The number of methoxy groups -OCH3 is 1. The number of rotatable bonds is 5. The molecule has 0 aliphatic heterocycles. The number of primary amides is 1. The van der Waals surface area contributed by atoms with Crippen molar-refractivity contribution in [3.05, 3.63) is 59.2 Å². The number of halogens is 2. The van der Waals surface area contributed by atoms with E-state index in [1.54, 1.807) is 0 Å². The van der Waals surface area contributed by atoms with E-state index < -0.39 is 23.5 Å². The molecule has 1 fully saturated rings. The van der Waals surface area contributed by atoms with Gasteiger partial charge in [0.1, 0.15) is 17.4 Å². The van der Waals surface area contributed by atoms with Crippen molar-refractivity contribution >= 4 is 17.5 Å². The van der Waals surface area contributed by atoms with Crippen LogP contribution in [0.15, 0.2) is 36.4 Å². The summed E-state index contributed by atoms with van der Waals surface area (Å²) in [6.07, 6.45) is 0.464. The molecule has 0 saturated heterocycles. The summed E-state index contributed by atoms with van der Waals surface area (Å²) >= 11 is 0. The molecule has 5 nitrogen and oxygen atoms in total. The number of hydrogen-bond acceptors (Lipinski definition) is 3. The molecule has 0 unspecified atom stereocenters. The van der Waals surface area contributed by atoms with Gasteiger partial charge in [0.05, 0.1) is 12.8 Å². The third-order valence-corrected chi connectivity index (χ3v) is 4.23. The van der Waals surface area contributed by atoms with Crippen LogP contribution in [0.5, 0.6) is 5.75 Å². The van der Waals surface area contributed by atoms with Crippen LogP contribution < -0.4 is 15.8 Å². The normalized spacial score (nSPS) is 18.5. The summed E-state index contributed by atoms with van der Waals surface area (Å²) in [5, 5.41) is 2.68. The molecule has 2 aromatic rings. The first-order valence-corrected chi connectivity index (χ1v) is 7.64. The molecule has 1 saturated carbocycles. The summed E-state index contributed by atoms with van der Waals surface area (Å²) < 4.78 is 32.0. The van der Waals surface area contributed by atoms with E-state index in [0.717, 1.165) is 6.07 Å². The predicted molar refractivity (Wildman–Crippen MR) is 87.3 cm³/mol. The van der Waals surface area contributed by atoms with E-state index in [9.17, 15) is 18.4 Å². The molecule has 0 radical (unpaired) electrons. The van der Waals surface area contributed by atoms with Gasteiger partial charge in [0.2, 0.25) is 11.8 Å². The number of amides is 2. The first kappa shape index (κ1) is 16.9. The number of carbonyl (C=O) groups excluding carboxylic acids is 2. The van der Waals surface area contributed by atoms with Gasteiger partial charge in [0, 0.05) is 17.5 Å². The standard InChI is InChI=1S/C18H16F2N2O3/c1-25-16-5-2-9(17(21)23)6-15(16)22-18(24)13-8-12(13)11-4-3-10(19)7-14(11)20/h2-7,12-13H,8H2,1H3,(H2,21,23)(H,22,24)/t12-,13-/m1/s1.